The van der Waals surface area contributed by atoms with Crippen LogP contribution in [0.3, 0.4) is 0 Å². The number of imidazole rings is 1. The molecule has 1 aromatic heterocycles. The fraction of sp³-hybridized carbons (Fsp3) is 0.444. The van der Waals surface area contributed by atoms with E-state index in [1.165, 1.54) is 7.11 Å². The highest BCUT2D eigenvalue weighted by Gasteiger charge is 2.17. The van der Waals surface area contributed by atoms with Crippen molar-refractivity contribution in [2.45, 2.75) is 12.5 Å². The Kier molecular flexibility index (Phi) is 4.46. The van der Waals surface area contributed by atoms with Crippen LogP contribution in [0.25, 0.3) is 0 Å². The monoisotopic (exact) mass is 227 g/mol. The van der Waals surface area contributed by atoms with Crippen molar-refractivity contribution >= 4 is 12.4 Å². The molecule has 0 radical (unpaired) electrons. The van der Waals surface area contributed by atoms with Gasteiger partial charge in [0, 0.05) is 25.4 Å². The second-order valence-corrected chi connectivity index (χ2v) is 3.07. The molecule has 0 unspecified atom stereocenters. The molecule has 0 aliphatic heterocycles. The summed E-state index contributed by atoms with van der Waals surface area (Å²) in [6, 6.07) is -0.912. The van der Waals surface area contributed by atoms with Gasteiger partial charge in [-0.3, -0.25) is 0 Å². The fourth-order valence-corrected chi connectivity index (χ4v) is 1.12. The Bertz CT molecular complexity index is 375. The van der Waals surface area contributed by atoms with Crippen molar-refractivity contribution in [3.05, 3.63) is 18.2 Å². The fourth-order valence-electron chi connectivity index (χ4n) is 1.12. The number of aliphatic imine (C=N–C) groups is 1. The van der Waals surface area contributed by atoms with E-state index in [1.807, 2.05) is 0 Å². The van der Waals surface area contributed by atoms with Crippen molar-refractivity contribution in [2.24, 2.45) is 12.0 Å². The molecule has 0 saturated heterocycles. The summed E-state index contributed by atoms with van der Waals surface area (Å²) >= 11 is 0. The molecule has 1 rings (SSSR count). The smallest absolute Gasteiger partial charge is 0.328 e. The summed E-state index contributed by atoms with van der Waals surface area (Å²) in [6.07, 6.45) is 4.41. The van der Waals surface area contributed by atoms with Gasteiger partial charge in [-0.1, -0.05) is 0 Å². The van der Waals surface area contributed by atoms with E-state index in [0.717, 1.165) is 12.1 Å². The van der Waals surface area contributed by atoms with Gasteiger partial charge in [0.05, 0.1) is 13.4 Å². The molecule has 7 heteroatoms. The van der Waals surface area contributed by atoms with E-state index in [0.29, 0.717) is 0 Å². The van der Waals surface area contributed by atoms with E-state index in [-0.39, 0.29) is 6.42 Å². The molecular formula is C9H13N3O4. The number of aromatic nitrogens is 2. The van der Waals surface area contributed by atoms with Gasteiger partial charge in [-0.15, -0.1) is 0 Å². The lowest BCUT2D eigenvalue weighted by Gasteiger charge is -2.07. The number of rotatable bonds is 6. The standard InChI is InChI=1S/C9H13N3O4/c1-12-5-10-4-7(12)3-8(9(13)14)11-6-16-15-2/h4-6,8H,3H2,1-2H3,(H,13,14)/b11-6-/t8-/m1/s1. The molecule has 1 N–H and O–H groups in total. The maximum absolute atomic E-state index is 10.9. The van der Waals surface area contributed by atoms with Crippen LogP contribution in [-0.4, -0.2) is 40.2 Å². The van der Waals surface area contributed by atoms with E-state index in [4.69, 9.17) is 5.11 Å². The average Bonchev–Trinajstić information content (AvgIpc) is 2.63. The number of hydrogen-bond acceptors (Lipinski definition) is 5. The molecule has 1 aromatic rings. The molecule has 0 aliphatic carbocycles. The number of aliphatic carboxylic acids is 1. The van der Waals surface area contributed by atoms with E-state index in [1.54, 1.807) is 24.1 Å². The topological polar surface area (TPSA) is 85.9 Å². The predicted octanol–water partition coefficient (Wildman–Crippen LogP) is 0.0221. The quantitative estimate of drug-likeness (QED) is 0.320. The number of carbonyl (C=O) groups is 1. The molecule has 7 nitrogen and oxygen atoms in total. The lowest BCUT2D eigenvalue weighted by Crippen LogP contribution is -2.22. The molecule has 0 amide bonds. The van der Waals surface area contributed by atoms with Gasteiger partial charge in [-0.2, -0.15) is 4.89 Å². The minimum absolute atomic E-state index is 0.245. The van der Waals surface area contributed by atoms with E-state index >= 15 is 0 Å². The van der Waals surface area contributed by atoms with Crippen molar-refractivity contribution in [3.63, 3.8) is 0 Å². The molecule has 1 heterocycles. The molecule has 88 valence electrons. The second-order valence-electron chi connectivity index (χ2n) is 3.07. The number of aryl methyl sites for hydroxylation is 1. The first-order valence-corrected chi connectivity index (χ1v) is 4.54. The van der Waals surface area contributed by atoms with Gasteiger partial charge >= 0.3 is 5.97 Å². The number of carboxylic acids is 1. The van der Waals surface area contributed by atoms with E-state index in [2.05, 4.69) is 19.8 Å². The normalized spacial score (nSPS) is 12.9. The lowest BCUT2D eigenvalue weighted by atomic mass is 10.2. The van der Waals surface area contributed by atoms with Crippen LogP contribution in [0.5, 0.6) is 0 Å². The third-order valence-corrected chi connectivity index (χ3v) is 1.98. The Balaban J connectivity index is 2.65. The van der Waals surface area contributed by atoms with Crippen LogP contribution >= 0.6 is 0 Å². The molecule has 0 saturated carbocycles. The second kappa shape index (κ2) is 5.86. The van der Waals surface area contributed by atoms with Crippen LogP contribution in [0.1, 0.15) is 5.69 Å². The zero-order valence-electron chi connectivity index (χ0n) is 9.03. The number of nitrogens with zero attached hydrogens (tertiary/aromatic N) is 3. The number of hydrogen-bond donors (Lipinski definition) is 1. The van der Waals surface area contributed by atoms with Gasteiger partial charge in [0.25, 0.3) is 0 Å². The van der Waals surface area contributed by atoms with Gasteiger partial charge in [0.2, 0.25) is 6.40 Å². The van der Waals surface area contributed by atoms with Crippen molar-refractivity contribution in [3.8, 4) is 0 Å². The molecule has 1 atom stereocenters. The van der Waals surface area contributed by atoms with Crippen LogP contribution in [0.15, 0.2) is 17.5 Å². The Morgan fingerprint density at radius 2 is 2.56 bits per heavy atom. The van der Waals surface area contributed by atoms with Crippen LogP contribution in [0.4, 0.5) is 0 Å². The van der Waals surface area contributed by atoms with Crippen molar-refractivity contribution in [2.75, 3.05) is 7.11 Å². The molecule has 0 spiro atoms. The zero-order valence-corrected chi connectivity index (χ0v) is 9.03. The lowest BCUT2D eigenvalue weighted by molar-refractivity contribution is -0.188. The summed E-state index contributed by atoms with van der Waals surface area (Å²) in [5, 5.41) is 8.92. The maximum atomic E-state index is 10.9. The highest BCUT2D eigenvalue weighted by molar-refractivity contribution is 5.75. The molecule has 0 aromatic carbocycles. The summed E-state index contributed by atoms with van der Waals surface area (Å²) in [4.78, 5) is 27.2. The minimum atomic E-state index is -1.03. The first kappa shape index (κ1) is 12.2. The highest BCUT2D eigenvalue weighted by atomic mass is 17.2. The largest absolute Gasteiger partial charge is 0.480 e. The Hall–Kier alpha value is -1.89. The molecule has 0 aliphatic rings. The average molecular weight is 227 g/mol. The predicted molar refractivity (Wildman–Crippen MR) is 54.9 cm³/mol. The molecule has 0 fully saturated rings. The summed E-state index contributed by atoms with van der Waals surface area (Å²) in [5.74, 6) is -1.03. The Morgan fingerprint density at radius 3 is 3.06 bits per heavy atom. The first-order valence-electron chi connectivity index (χ1n) is 4.54. The van der Waals surface area contributed by atoms with E-state index in [9.17, 15) is 4.79 Å². The summed E-state index contributed by atoms with van der Waals surface area (Å²) in [7, 11) is 3.10. The van der Waals surface area contributed by atoms with Crippen molar-refractivity contribution in [1.82, 2.24) is 9.55 Å². The van der Waals surface area contributed by atoms with Gasteiger partial charge in [0.15, 0.2) is 6.04 Å². The minimum Gasteiger partial charge on any atom is -0.480 e. The molecule has 16 heavy (non-hydrogen) atoms. The van der Waals surface area contributed by atoms with Gasteiger partial charge in [-0.25, -0.2) is 14.8 Å². The Morgan fingerprint density at radius 1 is 1.81 bits per heavy atom. The van der Waals surface area contributed by atoms with Gasteiger partial charge < -0.3 is 14.6 Å². The zero-order chi connectivity index (χ0) is 12.0. The van der Waals surface area contributed by atoms with Gasteiger partial charge in [0.1, 0.15) is 0 Å². The van der Waals surface area contributed by atoms with Crippen molar-refractivity contribution < 1.29 is 19.7 Å². The Labute approximate surface area is 92.3 Å². The third-order valence-electron chi connectivity index (χ3n) is 1.98. The van der Waals surface area contributed by atoms with Gasteiger partial charge in [-0.05, 0) is 0 Å². The summed E-state index contributed by atoms with van der Waals surface area (Å²) in [5.41, 5.74) is 0.780. The summed E-state index contributed by atoms with van der Waals surface area (Å²) < 4.78 is 1.74. The van der Waals surface area contributed by atoms with Crippen LogP contribution in [-0.2, 0) is 28.0 Å². The van der Waals surface area contributed by atoms with Crippen molar-refractivity contribution in [1.29, 1.82) is 0 Å². The summed E-state index contributed by atoms with van der Waals surface area (Å²) in [6.45, 7) is 0. The molecular weight excluding hydrogens is 214 g/mol. The van der Waals surface area contributed by atoms with E-state index < -0.39 is 12.0 Å². The number of carboxylic acid groups (broad SMARTS) is 1. The SMILES string of the molecule is COO/C=N\[C@H](Cc1cncn1C)C(=O)O. The van der Waals surface area contributed by atoms with Crippen LogP contribution < -0.4 is 0 Å². The first-order chi connectivity index (χ1) is 7.65. The van der Waals surface area contributed by atoms with Crippen LogP contribution in [0.2, 0.25) is 0 Å². The highest BCUT2D eigenvalue weighted by Crippen LogP contribution is 2.04. The third kappa shape index (κ3) is 3.35. The molecule has 0 bridgehead atoms. The maximum Gasteiger partial charge on any atom is 0.328 e. The van der Waals surface area contributed by atoms with Crippen LogP contribution in [0, 0.1) is 0 Å².